The van der Waals surface area contributed by atoms with E-state index in [1.807, 2.05) is 0 Å². The van der Waals surface area contributed by atoms with Crippen LogP contribution in [0.5, 0.6) is 0 Å². The molecular weight excluding hydrogens is 269 g/mol. The van der Waals surface area contributed by atoms with E-state index < -0.39 is 0 Å². The minimum Gasteiger partial charge on any atom is -0.379 e. The number of nitrogens with one attached hydrogen (secondary N) is 2. The van der Waals surface area contributed by atoms with E-state index in [2.05, 4.69) is 15.5 Å². The van der Waals surface area contributed by atoms with Gasteiger partial charge in [-0.15, -0.1) is 0 Å². The zero-order valence-electron chi connectivity index (χ0n) is 12.0. The number of nitrogens with zero attached hydrogens (tertiary/aromatic N) is 1. The number of anilines is 2. The summed E-state index contributed by atoms with van der Waals surface area (Å²) in [4.78, 5) is 14.0. The zero-order chi connectivity index (χ0) is 14.4. The van der Waals surface area contributed by atoms with Crippen LogP contribution in [0, 0.1) is 5.82 Å². The van der Waals surface area contributed by atoms with E-state index in [1.165, 1.54) is 12.8 Å². The maximum Gasteiger partial charge on any atom is 0.224 e. The summed E-state index contributed by atoms with van der Waals surface area (Å²) in [5.41, 5.74) is 2.16. The predicted molar refractivity (Wildman–Crippen MR) is 80.0 cm³/mol. The molecule has 112 valence electrons. The molecule has 3 aliphatic rings. The Hall–Kier alpha value is -1.62. The van der Waals surface area contributed by atoms with Gasteiger partial charge in [0.2, 0.25) is 5.91 Å². The van der Waals surface area contributed by atoms with Gasteiger partial charge in [0.1, 0.15) is 5.82 Å². The standard InChI is InChI=1S/C16H20FN3O/c17-13-7-10-1-4-16(21)19-14(10)8-15(13)18-11-5-6-20(9-11)12-2-3-12/h7-8,11-12,18H,1-6,9H2,(H,19,21). The van der Waals surface area contributed by atoms with Crippen LogP contribution in [0.15, 0.2) is 12.1 Å². The van der Waals surface area contributed by atoms with Gasteiger partial charge in [-0.05, 0) is 43.4 Å². The smallest absolute Gasteiger partial charge is 0.224 e. The average Bonchev–Trinajstić information content (AvgIpc) is 3.21. The van der Waals surface area contributed by atoms with Crippen LogP contribution in [-0.4, -0.2) is 36.0 Å². The van der Waals surface area contributed by atoms with Crippen molar-refractivity contribution in [1.82, 2.24) is 4.90 Å². The Bertz CT molecular complexity index is 585. The molecule has 0 spiro atoms. The van der Waals surface area contributed by atoms with Gasteiger partial charge in [-0.2, -0.15) is 0 Å². The highest BCUT2D eigenvalue weighted by atomic mass is 19.1. The monoisotopic (exact) mass is 289 g/mol. The van der Waals surface area contributed by atoms with Crippen molar-refractivity contribution in [3.05, 3.63) is 23.5 Å². The van der Waals surface area contributed by atoms with Crippen molar-refractivity contribution in [2.45, 2.75) is 44.2 Å². The molecule has 0 aromatic heterocycles. The van der Waals surface area contributed by atoms with Crippen LogP contribution in [0.3, 0.4) is 0 Å². The van der Waals surface area contributed by atoms with Crippen LogP contribution in [-0.2, 0) is 11.2 Å². The Morgan fingerprint density at radius 3 is 2.90 bits per heavy atom. The van der Waals surface area contributed by atoms with Gasteiger partial charge in [-0.1, -0.05) is 0 Å². The van der Waals surface area contributed by atoms with Gasteiger partial charge in [0.15, 0.2) is 0 Å². The van der Waals surface area contributed by atoms with Gasteiger partial charge in [0.05, 0.1) is 5.69 Å². The highest BCUT2D eigenvalue weighted by Gasteiger charge is 2.34. The van der Waals surface area contributed by atoms with E-state index in [-0.39, 0.29) is 11.7 Å². The van der Waals surface area contributed by atoms with Crippen molar-refractivity contribution in [1.29, 1.82) is 0 Å². The number of hydrogen-bond acceptors (Lipinski definition) is 3. The summed E-state index contributed by atoms with van der Waals surface area (Å²) >= 11 is 0. The fourth-order valence-electron chi connectivity index (χ4n) is 3.41. The zero-order valence-corrected chi connectivity index (χ0v) is 12.0. The van der Waals surface area contributed by atoms with Crippen LogP contribution in [0.2, 0.25) is 0 Å². The lowest BCUT2D eigenvalue weighted by Gasteiger charge is -2.21. The lowest BCUT2D eigenvalue weighted by molar-refractivity contribution is -0.116. The first-order valence-corrected chi connectivity index (χ1v) is 7.82. The third-order valence-electron chi connectivity index (χ3n) is 4.73. The number of aryl methyl sites for hydroxylation is 1. The number of amides is 1. The van der Waals surface area contributed by atoms with Crippen LogP contribution in [0.25, 0.3) is 0 Å². The number of likely N-dealkylation sites (tertiary alicyclic amines) is 1. The predicted octanol–water partition coefficient (Wildman–Crippen LogP) is 2.36. The highest BCUT2D eigenvalue weighted by Crippen LogP contribution is 2.32. The second kappa shape index (κ2) is 4.98. The van der Waals surface area contributed by atoms with Crippen molar-refractivity contribution in [2.24, 2.45) is 0 Å². The van der Waals surface area contributed by atoms with Crippen molar-refractivity contribution >= 4 is 17.3 Å². The summed E-state index contributed by atoms with van der Waals surface area (Å²) in [6.07, 6.45) is 4.74. The van der Waals surface area contributed by atoms with Crippen LogP contribution >= 0.6 is 0 Å². The van der Waals surface area contributed by atoms with Crippen molar-refractivity contribution in [2.75, 3.05) is 23.7 Å². The maximum absolute atomic E-state index is 14.2. The van der Waals surface area contributed by atoms with Gasteiger partial charge in [0, 0.05) is 37.3 Å². The molecule has 2 N–H and O–H groups in total. The van der Waals surface area contributed by atoms with Crippen LogP contribution in [0.4, 0.5) is 15.8 Å². The summed E-state index contributed by atoms with van der Waals surface area (Å²) in [6, 6.07) is 4.38. The Labute approximate surface area is 123 Å². The van der Waals surface area contributed by atoms with Crippen LogP contribution < -0.4 is 10.6 Å². The molecule has 1 atom stereocenters. The lowest BCUT2D eigenvalue weighted by atomic mass is 10.0. The second-order valence-electron chi connectivity index (χ2n) is 6.39. The van der Waals surface area contributed by atoms with E-state index in [0.717, 1.165) is 36.8 Å². The molecule has 1 saturated heterocycles. The largest absolute Gasteiger partial charge is 0.379 e. The third kappa shape index (κ3) is 2.62. The minimum absolute atomic E-state index is 0.0147. The topological polar surface area (TPSA) is 44.4 Å². The minimum atomic E-state index is -0.213. The molecule has 1 aromatic rings. The number of benzene rings is 1. The number of hydrogen-bond donors (Lipinski definition) is 2. The molecule has 1 saturated carbocycles. The fraction of sp³-hybridized carbons (Fsp3) is 0.562. The molecule has 2 fully saturated rings. The molecule has 1 aliphatic carbocycles. The summed E-state index contributed by atoms with van der Waals surface area (Å²) < 4.78 is 14.2. The second-order valence-corrected chi connectivity index (χ2v) is 6.39. The molecule has 5 heteroatoms. The summed E-state index contributed by atoms with van der Waals surface area (Å²) in [7, 11) is 0. The third-order valence-corrected chi connectivity index (χ3v) is 4.73. The van der Waals surface area contributed by atoms with Crippen LogP contribution in [0.1, 0.15) is 31.2 Å². The number of carbonyl (C=O) groups is 1. The van der Waals surface area contributed by atoms with Crippen molar-refractivity contribution in [3.63, 3.8) is 0 Å². The molecule has 2 heterocycles. The van der Waals surface area contributed by atoms with E-state index in [0.29, 0.717) is 24.6 Å². The molecule has 1 unspecified atom stereocenters. The molecular formula is C16H20FN3O. The van der Waals surface area contributed by atoms with Crippen molar-refractivity contribution in [3.8, 4) is 0 Å². The van der Waals surface area contributed by atoms with Gasteiger partial charge < -0.3 is 10.6 Å². The Morgan fingerprint density at radius 2 is 2.10 bits per heavy atom. The van der Waals surface area contributed by atoms with Gasteiger partial charge in [0.25, 0.3) is 0 Å². The summed E-state index contributed by atoms with van der Waals surface area (Å²) in [6.45, 7) is 2.10. The number of halogens is 1. The average molecular weight is 289 g/mol. The van der Waals surface area contributed by atoms with Gasteiger partial charge in [-0.3, -0.25) is 9.69 Å². The summed E-state index contributed by atoms with van der Waals surface area (Å²) in [5.74, 6) is -0.199. The molecule has 2 aliphatic heterocycles. The first kappa shape index (κ1) is 13.1. The van der Waals surface area contributed by atoms with E-state index in [9.17, 15) is 9.18 Å². The number of rotatable bonds is 3. The van der Waals surface area contributed by atoms with Crippen molar-refractivity contribution < 1.29 is 9.18 Å². The Morgan fingerprint density at radius 1 is 1.24 bits per heavy atom. The molecule has 4 nitrogen and oxygen atoms in total. The Balaban J connectivity index is 1.49. The van der Waals surface area contributed by atoms with E-state index in [1.54, 1.807) is 12.1 Å². The lowest BCUT2D eigenvalue weighted by Crippen LogP contribution is -2.28. The van der Waals surface area contributed by atoms with Gasteiger partial charge in [-0.25, -0.2) is 4.39 Å². The maximum atomic E-state index is 14.2. The first-order chi connectivity index (χ1) is 10.2. The molecule has 4 rings (SSSR count). The first-order valence-electron chi connectivity index (χ1n) is 7.82. The molecule has 0 bridgehead atoms. The highest BCUT2D eigenvalue weighted by molar-refractivity contribution is 5.94. The Kier molecular flexibility index (Phi) is 3.10. The quantitative estimate of drug-likeness (QED) is 0.898. The molecule has 21 heavy (non-hydrogen) atoms. The molecule has 0 radical (unpaired) electrons. The molecule has 1 aromatic carbocycles. The van der Waals surface area contributed by atoms with E-state index >= 15 is 0 Å². The molecule has 1 amide bonds. The number of carbonyl (C=O) groups excluding carboxylic acids is 1. The fourth-order valence-corrected chi connectivity index (χ4v) is 3.41. The SMILES string of the molecule is O=C1CCc2cc(F)c(NC3CCN(C4CC4)C3)cc2N1. The normalized spacial score (nSPS) is 25.6. The summed E-state index contributed by atoms with van der Waals surface area (Å²) in [5, 5.41) is 6.15. The van der Waals surface area contributed by atoms with Gasteiger partial charge >= 0.3 is 0 Å². The number of fused-ring (bicyclic) bond motifs is 1. The van der Waals surface area contributed by atoms with E-state index in [4.69, 9.17) is 0 Å².